The number of carbonyl (C=O) groups excluding carboxylic acids is 2. The molecule has 0 saturated carbocycles. The number of nitrogens with one attached hydrogen (secondary N) is 3. The van der Waals surface area contributed by atoms with Gasteiger partial charge >= 0.3 is 0 Å². The molecule has 1 aromatic rings. The van der Waals surface area contributed by atoms with Gasteiger partial charge in [0, 0.05) is 23.8 Å². The number of morpholine rings is 1. The summed E-state index contributed by atoms with van der Waals surface area (Å²) in [7, 11) is 0. The van der Waals surface area contributed by atoms with E-state index in [9.17, 15) is 9.59 Å². The highest BCUT2D eigenvalue weighted by Gasteiger charge is 2.32. The average molecular weight is 397 g/mol. The molecule has 2 amide bonds. The molecule has 1 atom stereocenters. The zero-order chi connectivity index (χ0) is 19.2. The smallest absolute Gasteiger partial charge is 0.282 e. The van der Waals surface area contributed by atoms with E-state index in [0.717, 1.165) is 31.9 Å². The van der Waals surface area contributed by atoms with Crippen molar-refractivity contribution in [2.45, 2.75) is 13.0 Å². The Morgan fingerprint density at radius 1 is 1.22 bits per heavy atom. The maximum atomic E-state index is 12.5. The predicted octanol–water partition coefficient (Wildman–Crippen LogP) is -1.69. The zero-order valence-electron chi connectivity index (χ0n) is 15.8. The van der Waals surface area contributed by atoms with Crippen LogP contribution in [-0.2, 0) is 14.3 Å². The number of nitrogens with zero attached hydrogens (tertiary/aromatic N) is 1. The molecular formula is C19H29ClN4O3+2. The number of amides is 2. The fourth-order valence-electron chi connectivity index (χ4n) is 3.68. The van der Waals surface area contributed by atoms with E-state index in [-0.39, 0.29) is 17.9 Å². The first kappa shape index (κ1) is 20.1. The summed E-state index contributed by atoms with van der Waals surface area (Å²) >= 11 is 5.97. The van der Waals surface area contributed by atoms with E-state index in [1.54, 1.807) is 12.1 Å². The van der Waals surface area contributed by atoms with Crippen LogP contribution in [0.4, 0.5) is 5.69 Å². The van der Waals surface area contributed by atoms with Crippen LogP contribution >= 0.6 is 11.6 Å². The summed E-state index contributed by atoms with van der Waals surface area (Å²) in [6, 6.07) is 7.06. The Morgan fingerprint density at radius 3 is 2.59 bits per heavy atom. The van der Waals surface area contributed by atoms with Crippen LogP contribution < -0.4 is 15.1 Å². The number of carbonyl (C=O) groups is 2. The second kappa shape index (κ2) is 9.50. The third kappa shape index (κ3) is 5.65. The monoisotopic (exact) mass is 396 g/mol. The van der Waals surface area contributed by atoms with Gasteiger partial charge < -0.3 is 24.8 Å². The number of quaternary nitrogens is 2. The van der Waals surface area contributed by atoms with Gasteiger partial charge in [-0.2, -0.15) is 0 Å². The Labute approximate surface area is 165 Å². The normalized spacial score (nSPS) is 24.3. The highest BCUT2D eigenvalue weighted by Crippen LogP contribution is 2.14. The molecule has 3 N–H and O–H groups in total. The number of anilines is 1. The van der Waals surface area contributed by atoms with Crippen LogP contribution in [0.5, 0.6) is 0 Å². The minimum absolute atomic E-state index is 0.000102. The van der Waals surface area contributed by atoms with E-state index in [2.05, 4.69) is 5.32 Å². The highest BCUT2D eigenvalue weighted by molar-refractivity contribution is 6.30. The summed E-state index contributed by atoms with van der Waals surface area (Å²) in [5.41, 5.74) is 0.721. The maximum Gasteiger partial charge on any atom is 0.282 e. The molecule has 2 fully saturated rings. The summed E-state index contributed by atoms with van der Waals surface area (Å²) in [4.78, 5) is 29.4. The second-order valence-electron chi connectivity index (χ2n) is 7.30. The molecule has 2 saturated heterocycles. The molecule has 3 rings (SSSR count). The Bertz CT molecular complexity index is 658. The number of piperazine rings is 1. The molecule has 0 bridgehead atoms. The SMILES string of the molecule is C[C@H](C(=O)Nc1cccc(Cl)c1)[NH+]1CC[NH+](CC(=O)N2CCOCC2)CC1. The zero-order valence-corrected chi connectivity index (χ0v) is 16.6. The standard InChI is InChI=1S/C19H27ClN4O3/c1-15(19(26)21-17-4-2-3-16(20)13-17)23-7-5-22(6-8-23)14-18(25)24-9-11-27-12-10-24/h2-4,13,15H,5-12,14H2,1H3,(H,21,26)/p+2/t15-/m1/s1. The fourth-order valence-corrected chi connectivity index (χ4v) is 3.87. The summed E-state index contributed by atoms with van der Waals surface area (Å²) in [5.74, 6) is 0.212. The van der Waals surface area contributed by atoms with Gasteiger partial charge in [0.15, 0.2) is 12.6 Å². The number of rotatable bonds is 5. The largest absolute Gasteiger partial charge is 0.378 e. The van der Waals surface area contributed by atoms with Crippen LogP contribution in [0.25, 0.3) is 0 Å². The number of hydrogen-bond donors (Lipinski definition) is 3. The first-order chi connectivity index (χ1) is 13.0. The molecule has 8 heteroatoms. The van der Waals surface area contributed by atoms with Gasteiger partial charge in [-0.3, -0.25) is 9.59 Å². The van der Waals surface area contributed by atoms with Gasteiger partial charge in [0.2, 0.25) is 0 Å². The third-order valence-electron chi connectivity index (χ3n) is 5.46. The van der Waals surface area contributed by atoms with Crippen molar-refractivity contribution < 1.29 is 24.1 Å². The number of hydrogen-bond acceptors (Lipinski definition) is 3. The van der Waals surface area contributed by atoms with Gasteiger partial charge in [-0.1, -0.05) is 17.7 Å². The first-order valence-electron chi connectivity index (χ1n) is 9.63. The van der Waals surface area contributed by atoms with Crippen molar-refractivity contribution in [1.82, 2.24) is 4.90 Å². The molecule has 2 heterocycles. The third-order valence-corrected chi connectivity index (χ3v) is 5.70. The van der Waals surface area contributed by atoms with E-state index in [0.29, 0.717) is 37.9 Å². The van der Waals surface area contributed by atoms with Crippen molar-refractivity contribution in [1.29, 1.82) is 0 Å². The molecule has 0 radical (unpaired) electrons. The molecule has 1 aromatic carbocycles. The lowest BCUT2D eigenvalue weighted by molar-refractivity contribution is -1.01. The van der Waals surface area contributed by atoms with Crippen molar-refractivity contribution in [3.05, 3.63) is 29.3 Å². The van der Waals surface area contributed by atoms with Crippen molar-refractivity contribution in [3.8, 4) is 0 Å². The molecule has 7 nitrogen and oxygen atoms in total. The van der Waals surface area contributed by atoms with Crippen molar-refractivity contribution in [3.63, 3.8) is 0 Å². The summed E-state index contributed by atoms with van der Waals surface area (Å²) in [6.45, 7) is 8.74. The Balaban J connectivity index is 1.43. The molecule has 0 unspecified atom stereocenters. The lowest BCUT2D eigenvalue weighted by Gasteiger charge is -2.34. The van der Waals surface area contributed by atoms with Gasteiger partial charge in [-0.25, -0.2) is 0 Å². The van der Waals surface area contributed by atoms with Gasteiger partial charge in [0.1, 0.15) is 26.2 Å². The first-order valence-corrected chi connectivity index (χ1v) is 10.0. The van der Waals surface area contributed by atoms with Gasteiger partial charge in [0.05, 0.1) is 13.2 Å². The minimum Gasteiger partial charge on any atom is -0.378 e. The highest BCUT2D eigenvalue weighted by atomic mass is 35.5. The van der Waals surface area contributed by atoms with E-state index in [1.807, 2.05) is 24.0 Å². The van der Waals surface area contributed by atoms with E-state index >= 15 is 0 Å². The average Bonchev–Trinajstić information content (AvgIpc) is 2.68. The molecular weight excluding hydrogens is 368 g/mol. The van der Waals surface area contributed by atoms with Crippen LogP contribution in [0.1, 0.15) is 6.92 Å². The molecule has 148 valence electrons. The Kier molecular flexibility index (Phi) is 7.07. The molecule has 27 heavy (non-hydrogen) atoms. The number of halogens is 1. The topological polar surface area (TPSA) is 67.5 Å². The lowest BCUT2D eigenvalue weighted by atomic mass is 10.2. The van der Waals surface area contributed by atoms with Gasteiger partial charge in [0.25, 0.3) is 11.8 Å². The summed E-state index contributed by atoms with van der Waals surface area (Å²) in [5, 5.41) is 3.55. The fraction of sp³-hybridized carbons (Fsp3) is 0.579. The molecule has 2 aliphatic heterocycles. The summed E-state index contributed by atoms with van der Waals surface area (Å²) in [6.07, 6.45) is 0. The van der Waals surface area contributed by atoms with Gasteiger partial charge in [-0.05, 0) is 25.1 Å². The van der Waals surface area contributed by atoms with Crippen LogP contribution in [-0.4, -0.2) is 81.8 Å². The van der Waals surface area contributed by atoms with Crippen molar-refractivity contribution in [2.24, 2.45) is 0 Å². The molecule has 0 aliphatic carbocycles. The number of ether oxygens (including phenoxy) is 1. The number of benzene rings is 1. The Morgan fingerprint density at radius 2 is 1.93 bits per heavy atom. The summed E-state index contributed by atoms with van der Waals surface area (Å²) < 4.78 is 5.30. The molecule has 2 aliphatic rings. The van der Waals surface area contributed by atoms with E-state index < -0.39 is 0 Å². The Hall–Kier alpha value is -1.67. The molecule has 0 aromatic heterocycles. The van der Waals surface area contributed by atoms with Crippen LogP contribution in [0, 0.1) is 0 Å². The minimum atomic E-state index is -0.138. The lowest BCUT2D eigenvalue weighted by Crippen LogP contribution is -3.30. The van der Waals surface area contributed by atoms with E-state index in [1.165, 1.54) is 9.80 Å². The van der Waals surface area contributed by atoms with Crippen LogP contribution in [0.15, 0.2) is 24.3 Å². The predicted molar refractivity (Wildman–Crippen MR) is 103 cm³/mol. The van der Waals surface area contributed by atoms with E-state index in [4.69, 9.17) is 16.3 Å². The van der Waals surface area contributed by atoms with Crippen LogP contribution in [0.3, 0.4) is 0 Å². The maximum absolute atomic E-state index is 12.5. The van der Waals surface area contributed by atoms with Crippen LogP contribution in [0.2, 0.25) is 5.02 Å². The van der Waals surface area contributed by atoms with Gasteiger partial charge in [-0.15, -0.1) is 0 Å². The molecule has 0 spiro atoms. The quantitative estimate of drug-likeness (QED) is 0.556. The second-order valence-corrected chi connectivity index (χ2v) is 7.74. The van der Waals surface area contributed by atoms with Crippen molar-refractivity contribution in [2.75, 3.05) is 64.3 Å². The van der Waals surface area contributed by atoms with Crippen molar-refractivity contribution >= 4 is 29.1 Å².